The lowest BCUT2D eigenvalue weighted by atomic mass is 10.1. The number of carbonyl (C=O) groups excluding carboxylic acids is 1. The predicted molar refractivity (Wildman–Crippen MR) is 64.2 cm³/mol. The molecule has 1 fully saturated rings. The fourth-order valence-electron chi connectivity index (χ4n) is 2.02. The van der Waals surface area contributed by atoms with Gasteiger partial charge in [0.1, 0.15) is 0 Å². The van der Waals surface area contributed by atoms with Gasteiger partial charge in [0, 0.05) is 24.8 Å². The molecule has 3 N–H and O–H groups in total. The molecule has 0 radical (unpaired) electrons. The van der Waals surface area contributed by atoms with Crippen molar-refractivity contribution in [2.24, 2.45) is 0 Å². The van der Waals surface area contributed by atoms with Gasteiger partial charge >= 0.3 is 0 Å². The second-order valence-corrected chi connectivity index (χ2v) is 4.11. The number of aromatic hydroxyl groups is 1. The van der Waals surface area contributed by atoms with E-state index in [1.54, 1.807) is 4.90 Å². The second kappa shape index (κ2) is 4.53. The molecule has 2 rings (SSSR count). The first-order chi connectivity index (χ1) is 8.13. The van der Waals surface area contributed by atoms with Crippen LogP contribution >= 0.6 is 0 Å². The highest BCUT2D eigenvalue weighted by Crippen LogP contribution is 2.31. The van der Waals surface area contributed by atoms with Crippen LogP contribution in [0.1, 0.15) is 23.2 Å². The molecular weight excluding hydrogens is 220 g/mol. The average molecular weight is 236 g/mol. The summed E-state index contributed by atoms with van der Waals surface area (Å²) in [5.41, 5.74) is 6.46. The van der Waals surface area contributed by atoms with Gasteiger partial charge in [0.15, 0.2) is 11.5 Å². The van der Waals surface area contributed by atoms with Gasteiger partial charge in [-0.1, -0.05) is 0 Å². The van der Waals surface area contributed by atoms with E-state index in [-0.39, 0.29) is 17.4 Å². The van der Waals surface area contributed by atoms with E-state index in [0.29, 0.717) is 11.3 Å². The fraction of sp³-hybridized carbons (Fsp3) is 0.417. The minimum atomic E-state index is -0.127. The van der Waals surface area contributed by atoms with Crippen molar-refractivity contribution in [3.05, 3.63) is 17.7 Å². The Kier molecular flexibility index (Phi) is 3.08. The second-order valence-electron chi connectivity index (χ2n) is 4.11. The van der Waals surface area contributed by atoms with Crippen LogP contribution in [-0.4, -0.2) is 36.1 Å². The van der Waals surface area contributed by atoms with Crippen molar-refractivity contribution in [2.45, 2.75) is 12.8 Å². The first-order valence-electron chi connectivity index (χ1n) is 5.59. The molecule has 5 nitrogen and oxygen atoms in total. The van der Waals surface area contributed by atoms with E-state index in [1.807, 2.05) is 0 Å². The van der Waals surface area contributed by atoms with Crippen LogP contribution in [0.15, 0.2) is 12.1 Å². The summed E-state index contributed by atoms with van der Waals surface area (Å²) in [4.78, 5) is 13.9. The van der Waals surface area contributed by atoms with Gasteiger partial charge < -0.3 is 20.5 Å². The molecule has 0 bridgehead atoms. The molecule has 5 heteroatoms. The summed E-state index contributed by atoms with van der Waals surface area (Å²) in [6.07, 6.45) is 2.04. The smallest absolute Gasteiger partial charge is 0.256 e. The van der Waals surface area contributed by atoms with E-state index in [1.165, 1.54) is 19.2 Å². The van der Waals surface area contributed by atoms with Crippen molar-refractivity contribution < 1.29 is 14.6 Å². The van der Waals surface area contributed by atoms with E-state index >= 15 is 0 Å². The van der Waals surface area contributed by atoms with Gasteiger partial charge in [0.2, 0.25) is 0 Å². The van der Waals surface area contributed by atoms with Crippen LogP contribution in [0.2, 0.25) is 0 Å². The predicted octanol–water partition coefficient (Wildman–Crippen LogP) is 1.22. The molecule has 0 atom stereocenters. The molecule has 1 aliphatic heterocycles. The summed E-state index contributed by atoms with van der Waals surface area (Å²) in [5.74, 6) is 0.0858. The van der Waals surface area contributed by atoms with E-state index in [2.05, 4.69) is 0 Å². The summed E-state index contributed by atoms with van der Waals surface area (Å²) < 4.78 is 4.93. The SMILES string of the molecule is COc1cc(N)c(C(=O)N2CCCC2)cc1O. The number of hydrogen-bond donors (Lipinski definition) is 2. The Balaban J connectivity index is 2.31. The van der Waals surface area contributed by atoms with Crippen molar-refractivity contribution in [1.82, 2.24) is 4.90 Å². The summed E-state index contributed by atoms with van der Waals surface area (Å²) in [5, 5.41) is 9.66. The zero-order valence-corrected chi connectivity index (χ0v) is 9.77. The Bertz CT molecular complexity index is 440. The standard InChI is InChI=1S/C12H16N2O3/c1-17-11-7-9(13)8(6-10(11)15)12(16)14-4-2-3-5-14/h6-7,15H,2-5,13H2,1H3. The first kappa shape index (κ1) is 11.6. The number of nitrogens with zero attached hydrogens (tertiary/aromatic N) is 1. The van der Waals surface area contributed by atoms with Gasteiger partial charge in [-0.2, -0.15) is 0 Å². The number of carbonyl (C=O) groups is 1. The molecular formula is C12H16N2O3. The molecule has 1 aliphatic rings. The summed E-state index contributed by atoms with van der Waals surface area (Å²) in [6.45, 7) is 1.51. The van der Waals surface area contributed by atoms with Gasteiger partial charge in [0.25, 0.3) is 5.91 Å². The number of phenolic OH excluding ortho intramolecular Hbond substituents is 1. The Labute approximate surface area is 99.8 Å². The zero-order chi connectivity index (χ0) is 12.4. The molecule has 1 heterocycles. The zero-order valence-electron chi connectivity index (χ0n) is 9.77. The summed E-state index contributed by atoms with van der Waals surface area (Å²) in [6, 6.07) is 2.84. The molecule has 92 valence electrons. The Hall–Kier alpha value is -1.91. The fourth-order valence-corrected chi connectivity index (χ4v) is 2.02. The van der Waals surface area contributed by atoms with Crippen LogP contribution in [0.3, 0.4) is 0 Å². The van der Waals surface area contributed by atoms with Gasteiger partial charge in [0.05, 0.1) is 12.7 Å². The molecule has 1 aromatic rings. The number of phenols is 1. The van der Waals surface area contributed by atoms with Gasteiger partial charge in [-0.25, -0.2) is 0 Å². The number of methoxy groups -OCH3 is 1. The number of nitrogens with two attached hydrogens (primary N) is 1. The van der Waals surface area contributed by atoms with Crippen molar-refractivity contribution >= 4 is 11.6 Å². The summed E-state index contributed by atoms with van der Waals surface area (Å²) >= 11 is 0. The van der Waals surface area contributed by atoms with E-state index in [4.69, 9.17) is 10.5 Å². The number of amides is 1. The highest BCUT2D eigenvalue weighted by Gasteiger charge is 2.22. The molecule has 1 saturated heterocycles. The molecule has 1 aromatic carbocycles. The maximum Gasteiger partial charge on any atom is 0.256 e. The van der Waals surface area contributed by atoms with Gasteiger partial charge in [-0.15, -0.1) is 0 Å². The molecule has 17 heavy (non-hydrogen) atoms. The quantitative estimate of drug-likeness (QED) is 0.598. The van der Waals surface area contributed by atoms with Crippen molar-refractivity contribution in [3.63, 3.8) is 0 Å². The number of nitrogen functional groups attached to an aromatic ring is 1. The highest BCUT2D eigenvalue weighted by atomic mass is 16.5. The number of benzene rings is 1. The Morgan fingerprint density at radius 1 is 1.41 bits per heavy atom. The third-order valence-electron chi connectivity index (χ3n) is 2.97. The first-order valence-corrected chi connectivity index (χ1v) is 5.59. The normalized spacial score (nSPS) is 15.0. The molecule has 0 aromatic heterocycles. The maximum atomic E-state index is 12.1. The van der Waals surface area contributed by atoms with E-state index in [0.717, 1.165) is 25.9 Å². The number of ether oxygens (including phenoxy) is 1. The average Bonchev–Trinajstić information content (AvgIpc) is 2.84. The van der Waals surface area contributed by atoms with E-state index in [9.17, 15) is 9.90 Å². The van der Waals surface area contributed by atoms with Gasteiger partial charge in [-0.3, -0.25) is 4.79 Å². The molecule has 0 spiro atoms. The Morgan fingerprint density at radius 2 is 2.06 bits per heavy atom. The third kappa shape index (κ3) is 2.13. The molecule has 1 amide bonds. The molecule has 0 unspecified atom stereocenters. The van der Waals surface area contributed by atoms with Crippen LogP contribution in [0, 0.1) is 0 Å². The van der Waals surface area contributed by atoms with Gasteiger partial charge in [-0.05, 0) is 18.9 Å². The minimum absolute atomic E-state index is 0.0655. The summed E-state index contributed by atoms with van der Waals surface area (Å²) in [7, 11) is 1.44. The topological polar surface area (TPSA) is 75.8 Å². The van der Waals surface area contributed by atoms with Crippen LogP contribution in [-0.2, 0) is 0 Å². The minimum Gasteiger partial charge on any atom is -0.504 e. The Morgan fingerprint density at radius 3 is 2.65 bits per heavy atom. The van der Waals surface area contributed by atoms with Crippen molar-refractivity contribution in [3.8, 4) is 11.5 Å². The number of likely N-dealkylation sites (tertiary alicyclic amines) is 1. The lowest BCUT2D eigenvalue weighted by molar-refractivity contribution is 0.0793. The largest absolute Gasteiger partial charge is 0.504 e. The maximum absolute atomic E-state index is 12.1. The lowest BCUT2D eigenvalue weighted by Gasteiger charge is -2.17. The number of anilines is 1. The van der Waals surface area contributed by atoms with Crippen LogP contribution < -0.4 is 10.5 Å². The number of rotatable bonds is 2. The monoisotopic (exact) mass is 236 g/mol. The lowest BCUT2D eigenvalue weighted by Crippen LogP contribution is -2.28. The van der Waals surface area contributed by atoms with Crippen LogP contribution in [0.4, 0.5) is 5.69 Å². The highest BCUT2D eigenvalue weighted by molar-refractivity contribution is 6.00. The molecule has 0 saturated carbocycles. The molecule has 0 aliphatic carbocycles. The van der Waals surface area contributed by atoms with Crippen molar-refractivity contribution in [2.75, 3.05) is 25.9 Å². The van der Waals surface area contributed by atoms with Crippen molar-refractivity contribution in [1.29, 1.82) is 0 Å². The van der Waals surface area contributed by atoms with E-state index < -0.39 is 0 Å². The van der Waals surface area contributed by atoms with Crippen LogP contribution in [0.5, 0.6) is 11.5 Å². The van der Waals surface area contributed by atoms with Crippen LogP contribution in [0.25, 0.3) is 0 Å². The third-order valence-corrected chi connectivity index (χ3v) is 2.97. The number of hydrogen-bond acceptors (Lipinski definition) is 4.